The summed E-state index contributed by atoms with van der Waals surface area (Å²) < 4.78 is 4.82. The molecule has 0 aliphatic carbocycles. The molecule has 0 spiro atoms. The van der Waals surface area contributed by atoms with Crippen LogP contribution in [0.3, 0.4) is 0 Å². The molecular weight excluding hydrogens is 142 g/mol. The number of hydrogen-bond acceptors (Lipinski definition) is 4. The number of aromatic nitrogens is 3. The highest BCUT2D eigenvalue weighted by molar-refractivity contribution is 5.53. The van der Waals surface area contributed by atoms with Gasteiger partial charge in [0, 0.05) is 23.2 Å². The smallest absolute Gasteiger partial charge is 0.188 e. The summed E-state index contributed by atoms with van der Waals surface area (Å²) in [6.45, 7) is 0. The summed E-state index contributed by atoms with van der Waals surface area (Å²) in [5, 5.41) is 6.90. The lowest BCUT2D eigenvalue weighted by molar-refractivity contribution is 0.403. The molecule has 0 saturated heterocycles. The van der Waals surface area contributed by atoms with Crippen LogP contribution in [0.15, 0.2) is 35.2 Å². The van der Waals surface area contributed by atoms with Crippen LogP contribution >= 0.6 is 0 Å². The van der Waals surface area contributed by atoms with E-state index in [0.29, 0.717) is 5.76 Å². The van der Waals surface area contributed by atoms with Gasteiger partial charge in [0.15, 0.2) is 5.76 Å². The lowest BCUT2D eigenvalue weighted by atomic mass is 10.2. The molecule has 11 heavy (non-hydrogen) atoms. The van der Waals surface area contributed by atoms with Gasteiger partial charge in [0.25, 0.3) is 0 Å². The van der Waals surface area contributed by atoms with Gasteiger partial charge in [-0.1, -0.05) is 0 Å². The van der Waals surface area contributed by atoms with Gasteiger partial charge in [0.2, 0.25) is 0 Å². The number of nitrogens with zero attached hydrogens (tertiary/aromatic N) is 3. The van der Waals surface area contributed by atoms with Crippen molar-refractivity contribution in [2.75, 3.05) is 0 Å². The van der Waals surface area contributed by atoms with Crippen LogP contribution in [0.2, 0.25) is 0 Å². The van der Waals surface area contributed by atoms with Crippen molar-refractivity contribution in [3.8, 4) is 11.3 Å². The van der Waals surface area contributed by atoms with Crippen molar-refractivity contribution in [2.24, 2.45) is 0 Å². The fraction of sp³-hybridized carbons (Fsp3) is 0. The summed E-state index contributed by atoms with van der Waals surface area (Å²) in [6, 6.07) is 3.72. The molecular formula is C7H5N3O. The molecule has 2 rings (SSSR count). The Morgan fingerprint density at radius 2 is 2.27 bits per heavy atom. The van der Waals surface area contributed by atoms with E-state index in [4.69, 9.17) is 4.52 Å². The summed E-state index contributed by atoms with van der Waals surface area (Å²) >= 11 is 0. The molecule has 0 aromatic carbocycles. The minimum atomic E-state index is 0.637. The Bertz CT molecular complexity index is 317. The van der Waals surface area contributed by atoms with E-state index in [2.05, 4.69) is 15.4 Å². The van der Waals surface area contributed by atoms with Crippen molar-refractivity contribution in [1.82, 2.24) is 15.4 Å². The fourth-order valence-corrected chi connectivity index (χ4v) is 0.803. The first kappa shape index (κ1) is 6.03. The van der Waals surface area contributed by atoms with Gasteiger partial charge < -0.3 is 4.52 Å². The fourth-order valence-electron chi connectivity index (χ4n) is 0.803. The van der Waals surface area contributed by atoms with E-state index in [1.807, 2.05) is 12.1 Å². The normalized spacial score (nSPS) is 9.82. The Kier molecular flexibility index (Phi) is 1.37. The maximum atomic E-state index is 4.82. The van der Waals surface area contributed by atoms with Gasteiger partial charge in [-0.25, -0.2) is 0 Å². The van der Waals surface area contributed by atoms with Crippen molar-refractivity contribution in [2.45, 2.75) is 0 Å². The molecule has 2 aromatic heterocycles. The summed E-state index contributed by atoms with van der Waals surface area (Å²) in [5.74, 6) is 0.637. The molecule has 2 aromatic rings. The summed E-state index contributed by atoms with van der Waals surface area (Å²) in [7, 11) is 0. The van der Waals surface area contributed by atoms with Gasteiger partial charge in [-0.05, 0) is 12.1 Å². The van der Waals surface area contributed by atoms with E-state index < -0.39 is 0 Å². The van der Waals surface area contributed by atoms with Crippen LogP contribution in [0.5, 0.6) is 0 Å². The lowest BCUT2D eigenvalue weighted by Crippen LogP contribution is -1.73. The monoisotopic (exact) mass is 147 g/mol. The first-order valence-electron chi connectivity index (χ1n) is 3.14. The second-order valence-corrected chi connectivity index (χ2v) is 2.02. The third kappa shape index (κ3) is 1.10. The predicted octanol–water partition coefficient (Wildman–Crippen LogP) is 1.13. The Labute approximate surface area is 62.9 Å². The molecule has 0 radical (unpaired) electrons. The average Bonchev–Trinajstić information content (AvgIpc) is 2.58. The SMILES string of the molecule is c1cncc(-c2cnno2)c1. The standard InChI is InChI=1S/C7H5N3O/c1-2-6(4-8-3-1)7-5-9-10-11-7/h1-5H. The number of hydrogen-bond donors (Lipinski definition) is 0. The molecule has 0 saturated carbocycles. The van der Waals surface area contributed by atoms with Crippen LogP contribution in [-0.4, -0.2) is 15.4 Å². The van der Waals surface area contributed by atoms with E-state index >= 15 is 0 Å². The Morgan fingerprint density at radius 3 is 2.91 bits per heavy atom. The topological polar surface area (TPSA) is 51.8 Å². The van der Waals surface area contributed by atoms with E-state index in [-0.39, 0.29) is 0 Å². The zero-order valence-corrected chi connectivity index (χ0v) is 5.64. The van der Waals surface area contributed by atoms with E-state index in [9.17, 15) is 0 Å². The maximum absolute atomic E-state index is 4.82. The first-order valence-corrected chi connectivity index (χ1v) is 3.14. The van der Waals surface area contributed by atoms with E-state index in [1.54, 1.807) is 18.6 Å². The molecule has 0 aliphatic heterocycles. The maximum Gasteiger partial charge on any atom is 0.188 e. The zero-order valence-electron chi connectivity index (χ0n) is 5.64. The van der Waals surface area contributed by atoms with Crippen LogP contribution in [-0.2, 0) is 0 Å². The highest BCUT2D eigenvalue weighted by Gasteiger charge is 1.99. The van der Waals surface area contributed by atoms with Gasteiger partial charge in [-0.15, -0.1) is 5.10 Å². The highest BCUT2D eigenvalue weighted by Crippen LogP contribution is 2.14. The largest absolute Gasteiger partial charge is 0.337 e. The van der Waals surface area contributed by atoms with Crippen LogP contribution in [0, 0.1) is 0 Å². The number of pyridine rings is 1. The zero-order chi connectivity index (χ0) is 7.52. The molecule has 0 bridgehead atoms. The molecule has 4 nitrogen and oxygen atoms in total. The Hall–Kier alpha value is -1.71. The number of rotatable bonds is 1. The molecule has 54 valence electrons. The quantitative estimate of drug-likeness (QED) is 0.606. The predicted molar refractivity (Wildman–Crippen MR) is 37.5 cm³/mol. The Morgan fingerprint density at radius 1 is 1.27 bits per heavy atom. The molecule has 0 unspecified atom stereocenters. The van der Waals surface area contributed by atoms with E-state index in [0.717, 1.165) is 5.56 Å². The van der Waals surface area contributed by atoms with Crippen LogP contribution in [0.1, 0.15) is 0 Å². The van der Waals surface area contributed by atoms with Crippen molar-refractivity contribution in [1.29, 1.82) is 0 Å². The third-order valence-electron chi connectivity index (χ3n) is 1.31. The van der Waals surface area contributed by atoms with Gasteiger partial charge in [0.05, 0.1) is 6.20 Å². The molecule has 0 fully saturated rings. The average molecular weight is 147 g/mol. The van der Waals surface area contributed by atoms with Crippen LogP contribution in [0.4, 0.5) is 0 Å². The summed E-state index contributed by atoms with van der Waals surface area (Å²) in [5.41, 5.74) is 0.887. The van der Waals surface area contributed by atoms with Crippen LogP contribution in [0.25, 0.3) is 11.3 Å². The molecule has 0 aliphatic rings. The van der Waals surface area contributed by atoms with E-state index in [1.165, 1.54) is 0 Å². The first-order chi connectivity index (χ1) is 5.47. The molecule has 0 atom stereocenters. The van der Waals surface area contributed by atoms with Gasteiger partial charge in [0.1, 0.15) is 0 Å². The van der Waals surface area contributed by atoms with Gasteiger partial charge in [-0.3, -0.25) is 4.98 Å². The van der Waals surface area contributed by atoms with Gasteiger partial charge in [-0.2, -0.15) is 0 Å². The van der Waals surface area contributed by atoms with Crippen molar-refractivity contribution < 1.29 is 4.52 Å². The third-order valence-corrected chi connectivity index (χ3v) is 1.31. The minimum absolute atomic E-state index is 0.637. The van der Waals surface area contributed by atoms with Crippen molar-refractivity contribution >= 4 is 0 Å². The minimum Gasteiger partial charge on any atom is -0.337 e. The molecule has 2 heterocycles. The highest BCUT2D eigenvalue weighted by atomic mass is 16.5. The summed E-state index contributed by atoms with van der Waals surface area (Å²) in [4.78, 5) is 3.93. The van der Waals surface area contributed by atoms with Crippen molar-refractivity contribution in [3.63, 3.8) is 0 Å². The lowest BCUT2D eigenvalue weighted by Gasteiger charge is -1.89. The Balaban J connectivity index is 2.46. The van der Waals surface area contributed by atoms with Crippen molar-refractivity contribution in [3.05, 3.63) is 30.7 Å². The summed E-state index contributed by atoms with van der Waals surface area (Å²) in [6.07, 6.45) is 4.95. The molecule has 4 heteroatoms. The van der Waals surface area contributed by atoms with Crippen LogP contribution < -0.4 is 0 Å². The second kappa shape index (κ2) is 2.49. The molecule has 0 N–H and O–H groups in total. The second-order valence-electron chi connectivity index (χ2n) is 2.02. The molecule has 0 amide bonds. The van der Waals surface area contributed by atoms with Gasteiger partial charge >= 0.3 is 0 Å².